The van der Waals surface area contributed by atoms with Gasteiger partial charge < -0.3 is 9.42 Å². The highest BCUT2D eigenvalue weighted by atomic mass is 19.4. The summed E-state index contributed by atoms with van der Waals surface area (Å²) in [5.41, 5.74) is -0.980. The van der Waals surface area contributed by atoms with Gasteiger partial charge in [-0.05, 0) is 19.1 Å². The summed E-state index contributed by atoms with van der Waals surface area (Å²) < 4.78 is 42.5. The zero-order valence-corrected chi connectivity index (χ0v) is 12.4. The second kappa shape index (κ2) is 6.11. The molecule has 0 aliphatic carbocycles. The highest BCUT2D eigenvalue weighted by molar-refractivity contribution is 5.38. The number of alkyl halides is 3. The molecule has 0 saturated carbocycles. The molecule has 0 amide bonds. The average Bonchev–Trinajstić information content (AvgIpc) is 2.92. The van der Waals surface area contributed by atoms with E-state index in [2.05, 4.69) is 25.2 Å². The number of aromatic nitrogens is 4. The summed E-state index contributed by atoms with van der Waals surface area (Å²) in [5, 5.41) is 10.7. The van der Waals surface area contributed by atoms with Crippen molar-refractivity contribution in [1.29, 1.82) is 0 Å². The third-order valence-corrected chi connectivity index (χ3v) is 3.57. The lowest BCUT2D eigenvalue weighted by molar-refractivity contribution is -0.141. The molecule has 0 N–H and O–H groups in total. The van der Waals surface area contributed by atoms with Gasteiger partial charge in [0.2, 0.25) is 5.89 Å². The van der Waals surface area contributed by atoms with Gasteiger partial charge in [-0.3, -0.25) is 4.90 Å². The summed E-state index contributed by atoms with van der Waals surface area (Å²) in [6, 6.07) is 2.31. The van der Waals surface area contributed by atoms with E-state index in [9.17, 15) is 13.2 Å². The maximum Gasteiger partial charge on any atom is 0.435 e. The van der Waals surface area contributed by atoms with Crippen LogP contribution in [-0.2, 0) is 12.7 Å². The predicted octanol–water partition coefficient (Wildman–Crippen LogP) is 1.51. The molecule has 3 heterocycles. The van der Waals surface area contributed by atoms with Crippen LogP contribution in [0.1, 0.15) is 17.4 Å². The van der Waals surface area contributed by atoms with E-state index < -0.39 is 11.9 Å². The Kier molecular flexibility index (Phi) is 4.16. The van der Waals surface area contributed by atoms with Gasteiger partial charge in [-0.25, -0.2) is 0 Å². The van der Waals surface area contributed by atoms with Gasteiger partial charge in [0.1, 0.15) is 0 Å². The first kappa shape index (κ1) is 15.7. The Morgan fingerprint density at radius 2 is 1.87 bits per heavy atom. The summed E-state index contributed by atoms with van der Waals surface area (Å²) in [6.07, 6.45) is -4.47. The number of hydrogen-bond acceptors (Lipinski definition) is 7. The monoisotopic (exact) mass is 328 g/mol. The number of piperazine rings is 1. The van der Waals surface area contributed by atoms with E-state index in [-0.39, 0.29) is 0 Å². The van der Waals surface area contributed by atoms with Crippen LogP contribution in [-0.4, -0.2) is 51.4 Å². The van der Waals surface area contributed by atoms with E-state index in [4.69, 9.17) is 4.52 Å². The molecule has 0 bridgehead atoms. The van der Waals surface area contributed by atoms with Crippen molar-refractivity contribution in [3.8, 4) is 0 Å². The zero-order chi connectivity index (χ0) is 16.4. The summed E-state index contributed by atoms with van der Waals surface area (Å²) in [5.74, 6) is 1.61. The lowest BCUT2D eigenvalue weighted by atomic mass is 10.3. The fraction of sp³-hybridized carbons (Fsp3) is 0.538. The molecule has 1 fully saturated rings. The number of aryl methyl sites for hydroxylation is 1. The molecule has 0 atom stereocenters. The lowest BCUT2D eigenvalue weighted by Gasteiger charge is -2.34. The van der Waals surface area contributed by atoms with Crippen molar-refractivity contribution in [2.24, 2.45) is 0 Å². The number of halogens is 3. The molecule has 0 spiro atoms. The van der Waals surface area contributed by atoms with Crippen molar-refractivity contribution >= 4 is 5.82 Å². The normalized spacial score (nSPS) is 16.8. The first-order valence-corrected chi connectivity index (χ1v) is 7.09. The maximum absolute atomic E-state index is 12.5. The molecular formula is C13H15F3N6O. The minimum atomic E-state index is -4.47. The van der Waals surface area contributed by atoms with Crippen LogP contribution in [0, 0.1) is 6.92 Å². The summed E-state index contributed by atoms with van der Waals surface area (Å²) in [6.45, 7) is 5.07. The van der Waals surface area contributed by atoms with Crippen LogP contribution in [0.2, 0.25) is 0 Å². The number of anilines is 1. The standard InChI is InChI=1S/C13H15F3N6O/c1-9-17-12(23-20-9)8-21-4-6-22(7-5-21)11-3-2-10(18-19-11)13(14,15)16/h2-3H,4-8H2,1H3. The fourth-order valence-corrected chi connectivity index (χ4v) is 2.38. The Hall–Kier alpha value is -2.23. The largest absolute Gasteiger partial charge is 0.435 e. The van der Waals surface area contributed by atoms with E-state index in [1.807, 2.05) is 4.90 Å². The average molecular weight is 328 g/mol. The van der Waals surface area contributed by atoms with Gasteiger partial charge in [-0.15, -0.1) is 10.2 Å². The third-order valence-electron chi connectivity index (χ3n) is 3.57. The van der Waals surface area contributed by atoms with E-state index >= 15 is 0 Å². The number of hydrogen-bond donors (Lipinski definition) is 0. The highest BCUT2D eigenvalue weighted by Crippen LogP contribution is 2.27. The SMILES string of the molecule is Cc1noc(CN2CCN(c3ccc(C(F)(F)F)nn3)CC2)n1. The van der Waals surface area contributed by atoms with Crippen LogP contribution in [0.5, 0.6) is 0 Å². The number of nitrogens with zero attached hydrogens (tertiary/aromatic N) is 6. The van der Waals surface area contributed by atoms with Crippen LogP contribution in [0.15, 0.2) is 16.7 Å². The van der Waals surface area contributed by atoms with Crippen molar-refractivity contribution < 1.29 is 17.7 Å². The fourth-order valence-electron chi connectivity index (χ4n) is 2.38. The minimum Gasteiger partial charge on any atom is -0.353 e. The van der Waals surface area contributed by atoms with Crippen molar-refractivity contribution in [3.63, 3.8) is 0 Å². The van der Waals surface area contributed by atoms with Gasteiger partial charge in [0.05, 0.1) is 6.54 Å². The quantitative estimate of drug-likeness (QED) is 0.846. The highest BCUT2D eigenvalue weighted by Gasteiger charge is 2.33. The molecule has 0 aromatic carbocycles. The summed E-state index contributed by atoms with van der Waals surface area (Å²) in [7, 11) is 0. The molecule has 10 heteroatoms. The summed E-state index contributed by atoms with van der Waals surface area (Å²) >= 11 is 0. The molecular weight excluding hydrogens is 313 g/mol. The van der Waals surface area contributed by atoms with Gasteiger partial charge in [-0.1, -0.05) is 5.16 Å². The molecule has 124 valence electrons. The molecule has 2 aromatic heterocycles. The van der Waals surface area contributed by atoms with Crippen LogP contribution in [0.3, 0.4) is 0 Å². The molecule has 7 nitrogen and oxygen atoms in total. The van der Waals surface area contributed by atoms with Crippen LogP contribution in [0.25, 0.3) is 0 Å². The Bertz CT molecular complexity index is 648. The third kappa shape index (κ3) is 3.76. The Morgan fingerprint density at radius 1 is 1.13 bits per heavy atom. The van der Waals surface area contributed by atoms with Gasteiger partial charge in [0.15, 0.2) is 17.3 Å². The van der Waals surface area contributed by atoms with Crippen molar-refractivity contribution in [1.82, 2.24) is 25.2 Å². The topological polar surface area (TPSA) is 71.2 Å². The van der Waals surface area contributed by atoms with E-state index in [0.717, 1.165) is 19.2 Å². The molecule has 23 heavy (non-hydrogen) atoms. The lowest BCUT2D eigenvalue weighted by Crippen LogP contribution is -2.46. The second-order valence-electron chi connectivity index (χ2n) is 5.27. The van der Waals surface area contributed by atoms with Crippen LogP contribution in [0.4, 0.5) is 19.0 Å². The Morgan fingerprint density at radius 3 is 2.39 bits per heavy atom. The van der Waals surface area contributed by atoms with Crippen LogP contribution < -0.4 is 4.90 Å². The minimum absolute atomic E-state index is 0.450. The Labute approximate surface area is 130 Å². The first-order valence-electron chi connectivity index (χ1n) is 7.09. The second-order valence-corrected chi connectivity index (χ2v) is 5.27. The van der Waals surface area contributed by atoms with Gasteiger partial charge in [-0.2, -0.15) is 18.2 Å². The molecule has 2 aromatic rings. The summed E-state index contributed by atoms with van der Waals surface area (Å²) in [4.78, 5) is 8.20. The van der Waals surface area contributed by atoms with E-state index in [1.54, 1.807) is 6.92 Å². The smallest absolute Gasteiger partial charge is 0.353 e. The predicted molar refractivity (Wildman–Crippen MR) is 73.6 cm³/mol. The van der Waals surface area contributed by atoms with Gasteiger partial charge in [0.25, 0.3) is 0 Å². The Balaban J connectivity index is 1.56. The molecule has 1 aliphatic rings. The number of rotatable bonds is 3. The van der Waals surface area contributed by atoms with Crippen molar-refractivity contribution in [3.05, 3.63) is 29.5 Å². The van der Waals surface area contributed by atoms with E-state index in [0.29, 0.717) is 37.2 Å². The first-order chi connectivity index (χ1) is 10.9. The van der Waals surface area contributed by atoms with Crippen molar-refractivity contribution in [2.75, 3.05) is 31.1 Å². The molecule has 0 unspecified atom stereocenters. The van der Waals surface area contributed by atoms with Gasteiger partial charge in [0, 0.05) is 26.2 Å². The molecule has 0 radical (unpaired) electrons. The van der Waals surface area contributed by atoms with Gasteiger partial charge >= 0.3 is 6.18 Å². The maximum atomic E-state index is 12.5. The van der Waals surface area contributed by atoms with Crippen LogP contribution >= 0.6 is 0 Å². The molecule has 1 aliphatic heterocycles. The molecule has 1 saturated heterocycles. The zero-order valence-electron chi connectivity index (χ0n) is 12.4. The van der Waals surface area contributed by atoms with Crippen molar-refractivity contribution in [2.45, 2.75) is 19.6 Å². The molecule has 3 rings (SSSR count). The van der Waals surface area contributed by atoms with E-state index in [1.165, 1.54) is 6.07 Å².